The molecule has 32 heavy (non-hydrogen) atoms. The number of aromatic nitrogens is 2. The minimum Gasteiger partial charge on any atom is -0.339 e. The summed E-state index contributed by atoms with van der Waals surface area (Å²) < 4.78 is 2.10. The average molecular weight is 433 g/mol. The summed E-state index contributed by atoms with van der Waals surface area (Å²) in [6.07, 6.45) is 3.81. The molecule has 0 radical (unpaired) electrons. The zero-order valence-electron chi connectivity index (χ0n) is 18.4. The van der Waals surface area contributed by atoms with Crippen LogP contribution in [0.4, 0.5) is 17.3 Å². The smallest absolute Gasteiger partial charge is 0.238 e. The van der Waals surface area contributed by atoms with Crippen molar-refractivity contribution in [1.82, 2.24) is 14.5 Å². The van der Waals surface area contributed by atoms with Crippen LogP contribution in [0, 0.1) is 6.92 Å². The first kappa shape index (κ1) is 21.6. The van der Waals surface area contributed by atoms with E-state index in [1.807, 2.05) is 12.4 Å². The third-order valence-electron chi connectivity index (χ3n) is 5.44. The van der Waals surface area contributed by atoms with Gasteiger partial charge in [-0.25, -0.2) is 4.98 Å². The van der Waals surface area contributed by atoms with Crippen LogP contribution in [0.2, 0.25) is 0 Å². The fourth-order valence-electron chi connectivity index (χ4n) is 3.79. The van der Waals surface area contributed by atoms with Crippen LogP contribution < -0.4 is 15.5 Å². The number of rotatable bonds is 6. The van der Waals surface area contributed by atoms with Gasteiger partial charge in [-0.1, -0.05) is 17.7 Å². The zero-order valence-corrected chi connectivity index (χ0v) is 18.4. The van der Waals surface area contributed by atoms with Crippen LogP contribution in [0.1, 0.15) is 12.5 Å². The van der Waals surface area contributed by atoms with Gasteiger partial charge in [-0.3, -0.25) is 19.1 Å². The number of piperazine rings is 1. The number of benzene rings is 2. The van der Waals surface area contributed by atoms with Crippen LogP contribution in [-0.2, 0) is 9.59 Å². The van der Waals surface area contributed by atoms with Crippen molar-refractivity contribution in [3.63, 3.8) is 0 Å². The highest BCUT2D eigenvalue weighted by Gasteiger charge is 2.22. The lowest BCUT2D eigenvalue weighted by Crippen LogP contribution is -2.49. The minimum atomic E-state index is -0.123. The molecule has 2 amide bonds. The van der Waals surface area contributed by atoms with Crippen LogP contribution >= 0.6 is 0 Å². The van der Waals surface area contributed by atoms with Crippen LogP contribution in [0.3, 0.4) is 0 Å². The average Bonchev–Trinajstić information content (AvgIpc) is 3.26. The largest absolute Gasteiger partial charge is 0.339 e. The van der Waals surface area contributed by atoms with Crippen molar-refractivity contribution in [2.45, 2.75) is 13.8 Å². The number of anilines is 3. The van der Waals surface area contributed by atoms with Crippen molar-refractivity contribution in [1.29, 1.82) is 0 Å². The summed E-state index contributed by atoms with van der Waals surface area (Å²) in [7, 11) is 0. The Hall–Kier alpha value is -3.65. The monoisotopic (exact) mass is 432 g/mol. The standard InChI is InChI=1S/C24H28N6O2/c1-18-3-9-22(10-4-18)30-12-11-25-24(30)29-15-13-28(14-16-29)17-23(32)27-21-7-5-20(6-8-21)26-19(2)31/h3-12H,13-17H2,1-2H3,(H,26,31)(H,27,32). The third kappa shape index (κ3) is 5.33. The fourth-order valence-corrected chi connectivity index (χ4v) is 3.79. The number of aryl methyl sites for hydroxylation is 1. The molecule has 1 aromatic heterocycles. The maximum Gasteiger partial charge on any atom is 0.238 e. The molecule has 0 bridgehead atoms. The Bertz CT molecular complexity index is 1070. The van der Waals surface area contributed by atoms with E-state index in [0.717, 1.165) is 37.8 Å². The summed E-state index contributed by atoms with van der Waals surface area (Å²) in [6, 6.07) is 15.5. The van der Waals surface area contributed by atoms with Gasteiger partial charge < -0.3 is 15.5 Å². The van der Waals surface area contributed by atoms with E-state index in [-0.39, 0.29) is 11.8 Å². The molecular formula is C24H28N6O2. The maximum absolute atomic E-state index is 12.5. The highest BCUT2D eigenvalue weighted by molar-refractivity contribution is 5.93. The summed E-state index contributed by atoms with van der Waals surface area (Å²) >= 11 is 0. The SMILES string of the molecule is CC(=O)Nc1ccc(NC(=O)CN2CCN(c3nccn3-c3ccc(C)cc3)CC2)cc1. The Kier molecular flexibility index (Phi) is 6.51. The van der Waals surface area contributed by atoms with Gasteiger partial charge in [0.05, 0.1) is 6.54 Å². The van der Waals surface area contributed by atoms with Crippen LogP contribution in [0.15, 0.2) is 60.9 Å². The number of hydrogen-bond donors (Lipinski definition) is 2. The van der Waals surface area contributed by atoms with Crippen molar-refractivity contribution < 1.29 is 9.59 Å². The first-order valence-electron chi connectivity index (χ1n) is 10.7. The summed E-state index contributed by atoms with van der Waals surface area (Å²) in [5.74, 6) is 0.756. The van der Waals surface area contributed by atoms with Crippen molar-refractivity contribution >= 4 is 29.1 Å². The molecule has 0 atom stereocenters. The van der Waals surface area contributed by atoms with E-state index >= 15 is 0 Å². The predicted molar refractivity (Wildman–Crippen MR) is 126 cm³/mol. The first-order valence-corrected chi connectivity index (χ1v) is 10.7. The molecule has 2 heterocycles. The quantitative estimate of drug-likeness (QED) is 0.626. The number of carbonyl (C=O) groups excluding carboxylic acids is 2. The molecule has 1 saturated heterocycles. The molecule has 1 aliphatic heterocycles. The zero-order chi connectivity index (χ0) is 22.5. The normalized spacial score (nSPS) is 14.2. The second-order valence-electron chi connectivity index (χ2n) is 8.00. The van der Waals surface area contributed by atoms with Crippen molar-refractivity contribution in [3.05, 3.63) is 66.5 Å². The number of nitrogens with zero attached hydrogens (tertiary/aromatic N) is 4. The molecule has 2 N–H and O–H groups in total. The van der Waals surface area contributed by atoms with Crippen LogP contribution in [0.5, 0.6) is 0 Å². The molecule has 0 unspecified atom stereocenters. The maximum atomic E-state index is 12.5. The van der Waals surface area contributed by atoms with Crippen LogP contribution in [0.25, 0.3) is 5.69 Å². The summed E-state index contributed by atoms with van der Waals surface area (Å²) in [6.45, 7) is 7.07. The molecule has 3 aromatic rings. The molecule has 4 rings (SSSR count). The van der Waals surface area contributed by atoms with Crippen molar-refractivity contribution in [3.8, 4) is 5.69 Å². The first-order chi connectivity index (χ1) is 15.5. The van der Waals surface area contributed by atoms with Crippen LogP contribution in [-0.4, -0.2) is 59.0 Å². The summed E-state index contributed by atoms with van der Waals surface area (Å²) in [5.41, 5.74) is 3.74. The Balaban J connectivity index is 1.29. The predicted octanol–water partition coefficient (Wildman–Crippen LogP) is 2.90. The highest BCUT2D eigenvalue weighted by atomic mass is 16.2. The lowest BCUT2D eigenvalue weighted by molar-refractivity contribution is -0.117. The Morgan fingerprint density at radius 2 is 1.53 bits per heavy atom. The fraction of sp³-hybridized carbons (Fsp3) is 0.292. The van der Waals surface area contributed by atoms with Gasteiger partial charge in [0, 0.05) is 62.6 Å². The summed E-state index contributed by atoms with van der Waals surface area (Å²) in [5, 5.41) is 5.63. The molecule has 1 aliphatic rings. The molecule has 166 valence electrons. The van der Waals surface area contributed by atoms with E-state index in [2.05, 4.69) is 61.2 Å². The third-order valence-corrected chi connectivity index (χ3v) is 5.44. The topological polar surface area (TPSA) is 82.5 Å². The number of hydrogen-bond acceptors (Lipinski definition) is 5. The Labute approximate surface area is 187 Å². The van der Waals surface area contributed by atoms with Crippen molar-refractivity contribution in [2.75, 3.05) is 48.3 Å². The molecule has 2 aromatic carbocycles. The molecular weight excluding hydrogens is 404 g/mol. The lowest BCUT2D eigenvalue weighted by atomic mass is 10.2. The molecule has 8 heteroatoms. The van der Waals surface area contributed by atoms with E-state index in [4.69, 9.17) is 0 Å². The Morgan fingerprint density at radius 3 is 2.16 bits per heavy atom. The van der Waals surface area contributed by atoms with E-state index in [0.29, 0.717) is 17.9 Å². The van der Waals surface area contributed by atoms with Crippen molar-refractivity contribution in [2.24, 2.45) is 0 Å². The van der Waals surface area contributed by atoms with Gasteiger partial charge in [0.25, 0.3) is 0 Å². The number of imidazole rings is 1. The Morgan fingerprint density at radius 1 is 0.906 bits per heavy atom. The van der Waals surface area contributed by atoms with E-state index in [9.17, 15) is 9.59 Å². The van der Waals surface area contributed by atoms with Gasteiger partial charge in [0.15, 0.2) is 0 Å². The second-order valence-corrected chi connectivity index (χ2v) is 8.00. The lowest BCUT2D eigenvalue weighted by Gasteiger charge is -2.35. The number of carbonyl (C=O) groups is 2. The van der Waals surface area contributed by atoms with E-state index < -0.39 is 0 Å². The van der Waals surface area contributed by atoms with Gasteiger partial charge in [-0.15, -0.1) is 0 Å². The van der Waals surface area contributed by atoms with Gasteiger partial charge in [0.1, 0.15) is 0 Å². The van der Waals surface area contributed by atoms with Gasteiger partial charge in [0.2, 0.25) is 17.8 Å². The number of nitrogens with one attached hydrogen (secondary N) is 2. The summed E-state index contributed by atoms with van der Waals surface area (Å²) in [4.78, 5) is 32.5. The molecule has 0 saturated carbocycles. The molecule has 8 nitrogen and oxygen atoms in total. The molecule has 0 spiro atoms. The minimum absolute atomic E-state index is 0.0492. The number of amides is 2. The van der Waals surface area contributed by atoms with E-state index in [1.165, 1.54) is 12.5 Å². The molecule has 1 fully saturated rings. The van der Waals surface area contributed by atoms with Gasteiger partial charge >= 0.3 is 0 Å². The van der Waals surface area contributed by atoms with Gasteiger partial charge in [-0.05, 0) is 43.3 Å². The highest BCUT2D eigenvalue weighted by Crippen LogP contribution is 2.20. The second kappa shape index (κ2) is 9.65. The van der Waals surface area contributed by atoms with Gasteiger partial charge in [-0.2, -0.15) is 0 Å². The van der Waals surface area contributed by atoms with E-state index in [1.54, 1.807) is 24.3 Å². The molecule has 0 aliphatic carbocycles.